The molecule has 6 heteroatoms. The van der Waals surface area contributed by atoms with Crippen LogP contribution in [0.5, 0.6) is 0 Å². The second-order valence-corrected chi connectivity index (χ2v) is 3.33. The Bertz CT molecular complexity index is 465. The average Bonchev–Trinajstić information content (AvgIpc) is 2.34. The summed E-state index contributed by atoms with van der Waals surface area (Å²) in [5, 5.41) is 12.8. The van der Waals surface area contributed by atoms with Crippen molar-refractivity contribution in [2.45, 2.75) is 13.5 Å². The summed E-state index contributed by atoms with van der Waals surface area (Å²) in [6.07, 6.45) is 3.28. The summed E-state index contributed by atoms with van der Waals surface area (Å²) in [4.78, 5) is 26.3. The maximum absolute atomic E-state index is 11.3. The summed E-state index contributed by atoms with van der Waals surface area (Å²) in [7, 11) is 0. The van der Waals surface area contributed by atoms with Gasteiger partial charge in [0.25, 0.3) is 0 Å². The van der Waals surface area contributed by atoms with Crippen molar-refractivity contribution in [3.63, 3.8) is 0 Å². The molecule has 0 saturated carbocycles. The molecular weight excluding hydrogens is 220 g/mol. The van der Waals surface area contributed by atoms with Crippen LogP contribution in [0.1, 0.15) is 11.1 Å². The molecule has 88 valence electrons. The Balaban J connectivity index is 2.46. The van der Waals surface area contributed by atoms with Crippen molar-refractivity contribution in [1.29, 1.82) is 5.26 Å². The van der Waals surface area contributed by atoms with Gasteiger partial charge in [-0.25, -0.2) is 0 Å². The number of rotatable bonds is 3. The molecule has 1 aromatic heterocycles. The summed E-state index contributed by atoms with van der Waals surface area (Å²) in [6.45, 7) is 1.94. The fraction of sp³-hybridized carbons (Fsp3) is 0.273. The highest BCUT2D eigenvalue weighted by atomic mass is 16.2. The molecule has 6 nitrogen and oxygen atoms in total. The molecular formula is C11H12N4O2. The minimum Gasteiger partial charge on any atom is -0.344 e. The lowest BCUT2D eigenvalue weighted by Crippen LogP contribution is -2.39. The summed E-state index contributed by atoms with van der Waals surface area (Å²) in [5.74, 6) is -1.57. The predicted octanol–water partition coefficient (Wildman–Crippen LogP) is -0.354. The molecule has 2 amide bonds. The fourth-order valence-electron chi connectivity index (χ4n) is 1.14. The molecule has 0 aliphatic carbocycles. The van der Waals surface area contributed by atoms with Crippen molar-refractivity contribution >= 4 is 11.8 Å². The van der Waals surface area contributed by atoms with Gasteiger partial charge >= 0.3 is 11.8 Å². The first-order valence-electron chi connectivity index (χ1n) is 4.97. The molecule has 1 rings (SSSR count). The van der Waals surface area contributed by atoms with Crippen LogP contribution >= 0.6 is 0 Å². The summed E-state index contributed by atoms with van der Waals surface area (Å²) in [6, 6.07) is 3.53. The number of nitriles is 1. The molecule has 0 aliphatic rings. The number of aryl methyl sites for hydroxylation is 1. The largest absolute Gasteiger partial charge is 0.344 e. The van der Waals surface area contributed by atoms with Crippen molar-refractivity contribution < 1.29 is 9.59 Å². The van der Waals surface area contributed by atoms with E-state index in [4.69, 9.17) is 5.26 Å². The fourth-order valence-corrected chi connectivity index (χ4v) is 1.14. The van der Waals surface area contributed by atoms with Crippen molar-refractivity contribution in [3.8, 4) is 6.07 Å². The lowest BCUT2D eigenvalue weighted by molar-refractivity contribution is -0.139. The Morgan fingerprint density at radius 1 is 1.41 bits per heavy atom. The third-order valence-electron chi connectivity index (χ3n) is 2.12. The highest BCUT2D eigenvalue weighted by molar-refractivity contribution is 6.35. The Morgan fingerprint density at radius 2 is 2.12 bits per heavy atom. The summed E-state index contributed by atoms with van der Waals surface area (Å²) < 4.78 is 0. The van der Waals surface area contributed by atoms with Crippen LogP contribution < -0.4 is 10.6 Å². The van der Waals surface area contributed by atoms with E-state index in [1.807, 2.05) is 13.0 Å². The SMILES string of the molecule is Cc1ccncc1CNC(=O)C(=O)NCC#N. The zero-order valence-electron chi connectivity index (χ0n) is 9.36. The Morgan fingerprint density at radius 3 is 2.76 bits per heavy atom. The van der Waals surface area contributed by atoms with E-state index in [0.717, 1.165) is 11.1 Å². The van der Waals surface area contributed by atoms with Gasteiger partial charge in [0.2, 0.25) is 0 Å². The van der Waals surface area contributed by atoms with Gasteiger partial charge in [-0.05, 0) is 24.1 Å². The molecule has 0 aliphatic heterocycles. The minimum absolute atomic E-state index is 0.182. The van der Waals surface area contributed by atoms with Crippen LogP contribution in [0.2, 0.25) is 0 Å². The normalized spacial score (nSPS) is 9.18. The predicted molar refractivity (Wildman–Crippen MR) is 59.4 cm³/mol. The van der Waals surface area contributed by atoms with Gasteiger partial charge < -0.3 is 10.6 Å². The Hall–Kier alpha value is -2.42. The molecule has 0 aromatic carbocycles. The van der Waals surface area contributed by atoms with Crippen LogP contribution in [-0.4, -0.2) is 23.3 Å². The van der Waals surface area contributed by atoms with Gasteiger partial charge in [-0.1, -0.05) is 0 Å². The van der Waals surface area contributed by atoms with Crippen LogP contribution in [0.15, 0.2) is 18.5 Å². The van der Waals surface area contributed by atoms with Crippen molar-refractivity contribution in [2.24, 2.45) is 0 Å². The molecule has 1 aromatic rings. The number of carbonyl (C=O) groups is 2. The standard InChI is InChI=1S/C11H12N4O2/c1-8-2-4-13-6-9(8)7-15-11(17)10(16)14-5-3-12/h2,4,6H,5,7H2,1H3,(H,14,16)(H,15,17). The number of nitrogens with one attached hydrogen (secondary N) is 2. The molecule has 0 unspecified atom stereocenters. The number of hydrogen-bond donors (Lipinski definition) is 2. The van der Waals surface area contributed by atoms with E-state index in [0.29, 0.717) is 0 Å². The molecule has 1 heterocycles. The third-order valence-corrected chi connectivity index (χ3v) is 2.12. The number of amides is 2. The quantitative estimate of drug-likeness (QED) is 0.550. The molecule has 2 N–H and O–H groups in total. The van der Waals surface area contributed by atoms with Crippen molar-refractivity contribution in [3.05, 3.63) is 29.6 Å². The number of nitrogens with zero attached hydrogens (tertiary/aromatic N) is 2. The van der Waals surface area contributed by atoms with Gasteiger partial charge in [0.15, 0.2) is 0 Å². The topological polar surface area (TPSA) is 94.9 Å². The van der Waals surface area contributed by atoms with Crippen LogP contribution in [0.4, 0.5) is 0 Å². The lowest BCUT2D eigenvalue weighted by Gasteiger charge is -2.06. The van der Waals surface area contributed by atoms with Crippen molar-refractivity contribution in [2.75, 3.05) is 6.54 Å². The second kappa shape index (κ2) is 6.23. The van der Waals surface area contributed by atoms with Crippen LogP contribution in [0.25, 0.3) is 0 Å². The number of aromatic nitrogens is 1. The molecule has 0 spiro atoms. The number of pyridine rings is 1. The van der Waals surface area contributed by atoms with E-state index in [-0.39, 0.29) is 13.1 Å². The molecule has 0 radical (unpaired) electrons. The lowest BCUT2D eigenvalue weighted by atomic mass is 10.1. The molecule has 0 saturated heterocycles. The van der Waals surface area contributed by atoms with E-state index in [9.17, 15) is 9.59 Å². The summed E-state index contributed by atoms with van der Waals surface area (Å²) in [5.41, 5.74) is 1.83. The van der Waals surface area contributed by atoms with Gasteiger partial charge in [0.05, 0.1) is 6.07 Å². The second-order valence-electron chi connectivity index (χ2n) is 3.33. The van der Waals surface area contributed by atoms with Gasteiger partial charge in [-0.3, -0.25) is 14.6 Å². The van der Waals surface area contributed by atoms with Crippen LogP contribution in [0.3, 0.4) is 0 Å². The highest BCUT2D eigenvalue weighted by Gasteiger charge is 2.12. The van der Waals surface area contributed by atoms with Crippen molar-refractivity contribution in [1.82, 2.24) is 15.6 Å². The molecule has 0 atom stereocenters. The first kappa shape index (κ1) is 12.6. The molecule has 0 bridgehead atoms. The first-order valence-corrected chi connectivity index (χ1v) is 4.97. The van der Waals surface area contributed by atoms with Crippen LogP contribution in [0, 0.1) is 18.3 Å². The van der Waals surface area contributed by atoms with Gasteiger partial charge in [0, 0.05) is 18.9 Å². The average molecular weight is 232 g/mol. The zero-order valence-corrected chi connectivity index (χ0v) is 9.36. The van der Waals surface area contributed by atoms with E-state index in [1.54, 1.807) is 18.5 Å². The Labute approximate surface area is 98.7 Å². The monoisotopic (exact) mass is 232 g/mol. The van der Waals surface area contributed by atoms with E-state index < -0.39 is 11.8 Å². The molecule has 0 fully saturated rings. The van der Waals surface area contributed by atoms with E-state index in [2.05, 4.69) is 15.6 Å². The smallest absolute Gasteiger partial charge is 0.310 e. The maximum Gasteiger partial charge on any atom is 0.310 e. The third kappa shape index (κ3) is 3.91. The van der Waals surface area contributed by atoms with E-state index in [1.165, 1.54) is 0 Å². The van der Waals surface area contributed by atoms with Crippen LogP contribution in [-0.2, 0) is 16.1 Å². The number of carbonyl (C=O) groups excluding carboxylic acids is 2. The van der Waals surface area contributed by atoms with E-state index >= 15 is 0 Å². The number of hydrogen-bond acceptors (Lipinski definition) is 4. The summed E-state index contributed by atoms with van der Waals surface area (Å²) >= 11 is 0. The van der Waals surface area contributed by atoms with Gasteiger partial charge in [-0.2, -0.15) is 5.26 Å². The zero-order chi connectivity index (χ0) is 12.7. The Kier molecular flexibility index (Phi) is 4.63. The van der Waals surface area contributed by atoms with Gasteiger partial charge in [0.1, 0.15) is 6.54 Å². The first-order chi connectivity index (χ1) is 8.15. The minimum atomic E-state index is -0.812. The van der Waals surface area contributed by atoms with Gasteiger partial charge in [-0.15, -0.1) is 0 Å². The highest BCUT2D eigenvalue weighted by Crippen LogP contribution is 2.03. The molecule has 17 heavy (non-hydrogen) atoms. The maximum atomic E-state index is 11.3.